The Balaban J connectivity index is 1.69. The number of rotatable bonds is 6. The number of hydrogen-bond donors (Lipinski definition) is 2. The van der Waals surface area contributed by atoms with Gasteiger partial charge < -0.3 is 11.1 Å². The van der Waals surface area contributed by atoms with Gasteiger partial charge in [0.25, 0.3) is 11.5 Å². The van der Waals surface area contributed by atoms with Crippen LogP contribution in [0.25, 0.3) is 16.6 Å². The number of para-hydroxylation sites is 1. The van der Waals surface area contributed by atoms with Crippen molar-refractivity contribution in [2.75, 3.05) is 11.1 Å². The average Bonchev–Trinajstić information content (AvgIpc) is 3.23. The molecule has 7 nitrogen and oxygen atoms in total. The molecule has 0 radical (unpaired) electrons. The molecule has 4 aromatic rings. The molecule has 9 heteroatoms. The van der Waals surface area contributed by atoms with Crippen molar-refractivity contribution in [3.63, 3.8) is 0 Å². The van der Waals surface area contributed by atoms with Gasteiger partial charge >= 0.3 is 0 Å². The first-order chi connectivity index (χ1) is 15.3. The maximum Gasteiger partial charge on any atom is 0.266 e. The van der Waals surface area contributed by atoms with E-state index in [0.717, 1.165) is 22.9 Å². The summed E-state index contributed by atoms with van der Waals surface area (Å²) in [6, 6.07) is 14.5. The van der Waals surface area contributed by atoms with Crippen LogP contribution in [-0.2, 0) is 4.79 Å². The molecule has 0 atom stereocenters. The van der Waals surface area contributed by atoms with Gasteiger partial charge in [-0.25, -0.2) is 4.98 Å². The molecule has 0 bridgehead atoms. The summed E-state index contributed by atoms with van der Waals surface area (Å²) in [6.45, 7) is 3.99. The third-order valence-electron chi connectivity index (χ3n) is 5.01. The Morgan fingerprint density at radius 2 is 1.91 bits per heavy atom. The summed E-state index contributed by atoms with van der Waals surface area (Å²) in [5, 5.41) is 5.72. The molecule has 4 rings (SSSR count). The maximum atomic E-state index is 13.3. The van der Waals surface area contributed by atoms with Crippen molar-refractivity contribution in [1.29, 1.82) is 0 Å². The summed E-state index contributed by atoms with van der Waals surface area (Å²) in [4.78, 5) is 42.0. The fourth-order valence-corrected chi connectivity index (χ4v) is 4.82. The number of nitrogens with one attached hydrogen (secondary N) is 1. The summed E-state index contributed by atoms with van der Waals surface area (Å²) >= 11 is 2.38. The third-order valence-corrected chi connectivity index (χ3v) is 6.78. The number of benzene rings is 2. The van der Waals surface area contributed by atoms with Gasteiger partial charge in [-0.1, -0.05) is 30.0 Å². The van der Waals surface area contributed by atoms with Crippen LogP contribution < -0.4 is 16.6 Å². The zero-order chi connectivity index (χ0) is 22.8. The molecule has 2 heterocycles. The zero-order valence-corrected chi connectivity index (χ0v) is 19.0. The summed E-state index contributed by atoms with van der Waals surface area (Å²) in [7, 11) is 0. The molecule has 0 fully saturated rings. The lowest BCUT2D eigenvalue weighted by Crippen LogP contribution is -2.23. The minimum Gasteiger partial charge on any atom is -0.366 e. The van der Waals surface area contributed by atoms with E-state index in [1.807, 2.05) is 38.1 Å². The number of carbonyl (C=O) groups is 2. The highest BCUT2D eigenvalue weighted by atomic mass is 32.2. The van der Waals surface area contributed by atoms with Gasteiger partial charge in [0, 0.05) is 0 Å². The second-order valence-electron chi connectivity index (χ2n) is 7.19. The van der Waals surface area contributed by atoms with Crippen LogP contribution in [0, 0.1) is 13.8 Å². The lowest BCUT2D eigenvalue weighted by atomic mass is 10.1. The number of thioether (sulfide) groups is 1. The Hall–Kier alpha value is -3.43. The molecule has 2 aromatic carbocycles. The second kappa shape index (κ2) is 8.97. The van der Waals surface area contributed by atoms with Gasteiger partial charge in [0.05, 0.1) is 27.9 Å². The van der Waals surface area contributed by atoms with Crippen LogP contribution in [0.4, 0.5) is 5.00 Å². The van der Waals surface area contributed by atoms with E-state index in [2.05, 4.69) is 10.3 Å². The first-order valence-corrected chi connectivity index (χ1v) is 11.6. The SMILES string of the molecule is Cc1ccc(-n2c(SCC(=O)Nc3sccc3C(N)=O)nc3ccccc3c2=O)cc1C. The van der Waals surface area contributed by atoms with Crippen LogP contribution in [0.15, 0.2) is 63.9 Å². The highest BCUT2D eigenvalue weighted by molar-refractivity contribution is 7.99. The number of hydrogen-bond acceptors (Lipinski definition) is 6. The fourth-order valence-electron chi connectivity index (χ4n) is 3.19. The van der Waals surface area contributed by atoms with Gasteiger partial charge in [-0.3, -0.25) is 19.0 Å². The van der Waals surface area contributed by atoms with Gasteiger partial charge in [0.1, 0.15) is 5.00 Å². The maximum absolute atomic E-state index is 13.3. The van der Waals surface area contributed by atoms with E-state index in [0.29, 0.717) is 26.7 Å². The minimum atomic E-state index is -0.603. The predicted molar refractivity (Wildman–Crippen MR) is 129 cm³/mol. The summed E-state index contributed by atoms with van der Waals surface area (Å²) in [5.74, 6) is -0.922. The van der Waals surface area contributed by atoms with E-state index in [9.17, 15) is 14.4 Å². The molecule has 3 N–H and O–H groups in total. The van der Waals surface area contributed by atoms with E-state index >= 15 is 0 Å². The molecule has 0 aliphatic carbocycles. The quantitative estimate of drug-likeness (QED) is 0.332. The number of nitrogens with zero attached hydrogens (tertiary/aromatic N) is 2. The standard InChI is InChI=1S/C23H20N4O3S2/c1-13-7-8-15(11-14(13)2)27-22(30)16-5-3-4-6-18(16)25-23(27)32-12-19(28)26-21-17(20(24)29)9-10-31-21/h3-11H,12H2,1-2H3,(H2,24,29)(H,26,28). The Morgan fingerprint density at radius 3 is 2.66 bits per heavy atom. The van der Waals surface area contributed by atoms with Crippen molar-refractivity contribution in [1.82, 2.24) is 9.55 Å². The molecule has 2 amide bonds. The van der Waals surface area contributed by atoms with E-state index in [4.69, 9.17) is 5.73 Å². The smallest absolute Gasteiger partial charge is 0.266 e. The van der Waals surface area contributed by atoms with Gasteiger partial charge in [-0.05, 0) is 60.7 Å². The number of anilines is 1. The molecule has 162 valence electrons. The molecule has 32 heavy (non-hydrogen) atoms. The highest BCUT2D eigenvalue weighted by Crippen LogP contribution is 2.25. The Labute approximate surface area is 192 Å². The number of primary amides is 1. The van der Waals surface area contributed by atoms with Gasteiger partial charge in [-0.15, -0.1) is 11.3 Å². The van der Waals surface area contributed by atoms with E-state index in [-0.39, 0.29) is 22.8 Å². The van der Waals surface area contributed by atoms with Gasteiger partial charge in [0.15, 0.2) is 5.16 Å². The number of amides is 2. The van der Waals surface area contributed by atoms with Crippen LogP contribution in [-0.4, -0.2) is 27.1 Å². The molecule has 2 aromatic heterocycles. The third kappa shape index (κ3) is 4.30. The minimum absolute atomic E-state index is 0.00568. The van der Waals surface area contributed by atoms with Crippen molar-refractivity contribution < 1.29 is 9.59 Å². The molecule has 0 aliphatic rings. The number of nitrogens with two attached hydrogens (primary N) is 1. The molecule has 0 saturated heterocycles. The molecule has 0 unspecified atom stereocenters. The number of thiophene rings is 1. The van der Waals surface area contributed by atoms with Crippen LogP contribution in [0.2, 0.25) is 0 Å². The number of aromatic nitrogens is 2. The van der Waals surface area contributed by atoms with Gasteiger partial charge in [0.2, 0.25) is 5.91 Å². The summed E-state index contributed by atoms with van der Waals surface area (Å²) in [6.07, 6.45) is 0. The molecule has 0 aliphatic heterocycles. The van der Waals surface area contributed by atoms with Crippen LogP contribution in [0.5, 0.6) is 0 Å². The fraction of sp³-hybridized carbons (Fsp3) is 0.130. The van der Waals surface area contributed by atoms with E-state index in [1.165, 1.54) is 15.9 Å². The average molecular weight is 465 g/mol. The van der Waals surface area contributed by atoms with E-state index < -0.39 is 5.91 Å². The van der Waals surface area contributed by atoms with Crippen LogP contribution in [0.1, 0.15) is 21.5 Å². The molecule has 0 spiro atoms. The topological polar surface area (TPSA) is 107 Å². The molecule has 0 saturated carbocycles. The second-order valence-corrected chi connectivity index (χ2v) is 9.04. The van der Waals surface area contributed by atoms with Crippen LogP contribution in [0.3, 0.4) is 0 Å². The van der Waals surface area contributed by atoms with Crippen molar-refractivity contribution in [3.8, 4) is 5.69 Å². The first-order valence-electron chi connectivity index (χ1n) is 9.74. The van der Waals surface area contributed by atoms with Crippen molar-refractivity contribution in [2.45, 2.75) is 19.0 Å². The Morgan fingerprint density at radius 1 is 1.12 bits per heavy atom. The van der Waals surface area contributed by atoms with Crippen LogP contribution >= 0.6 is 23.1 Å². The Bertz CT molecular complexity index is 1410. The lowest BCUT2D eigenvalue weighted by molar-refractivity contribution is -0.113. The zero-order valence-electron chi connectivity index (χ0n) is 17.4. The van der Waals surface area contributed by atoms with E-state index in [1.54, 1.807) is 29.6 Å². The molecular weight excluding hydrogens is 444 g/mol. The van der Waals surface area contributed by atoms with Crippen molar-refractivity contribution in [2.24, 2.45) is 5.73 Å². The largest absolute Gasteiger partial charge is 0.366 e. The van der Waals surface area contributed by atoms with Gasteiger partial charge in [-0.2, -0.15) is 0 Å². The van der Waals surface area contributed by atoms with Crippen molar-refractivity contribution in [3.05, 3.63) is 81.0 Å². The number of carbonyl (C=O) groups excluding carboxylic acids is 2. The number of fused-ring (bicyclic) bond motifs is 1. The monoisotopic (exact) mass is 464 g/mol. The lowest BCUT2D eigenvalue weighted by Gasteiger charge is -2.14. The van der Waals surface area contributed by atoms with Crippen molar-refractivity contribution >= 4 is 50.8 Å². The highest BCUT2D eigenvalue weighted by Gasteiger charge is 2.17. The Kier molecular flexibility index (Phi) is 6.11. The summed E-state index contributed by atoms with van der Waals surface area (Å²) < 4.78 is 1.53. The normalized spacial score (nSPS) is 10.9. The number of aryl methyl sites for hydroxylation is 2. The first kappa shape index (κ1) is 21.8. The predicted octanol–water partition coefficient (Wildman–Crippen LogP) is 3.89. The summed E-state index contributed by atoms with van der Waals surface area (Å²) in [5.41, 5.74) is 8.83. The molecular formula is C23H20N4O3S2.